The fourth-order valence-electron chi connectivity index (χ4n) is 8.90. The number of hydrogen-bond donors (Lipinski definition) is 12. The molecule has 1 saturated heterocycles. The smallest absolute Gasteiger partial charge is 0.262 e. The molecule has 10 amide bonds. The minimum Gasteiger partial charge on any atom is -0.497 e. The Morgan fingerprint density at radius 3 is 2.04 bits per heavy atom. The van der Waals surface area contributed by atoms with E-state index in [0.717, 1.165) is 42.0 Å². The van der Waals surface area contributed by atoms with Crippen LogP contribution in [0.4, 0.5) is 5.69 Å². The second kappa shape index (κ2) is 32.3. The van der Waals surface area contributed by atoms with Crippen molar-refractivity contribution >= 4 is 112 Å². The Kier molecular flexibility index (Phi) is 26.7. The molecule has 0 bridgehead atoms. The van der Waals surface area contributed by atoms with Crippen LogP contribution >= 0.6 is 47.2 Å². The number of nitrogens with two attached hydrogens (primary N) is 3. The molecule has 9 atom stereocenters. The third-order valence-corrected chi connectivity index (χ3v) is 16.3. The van der Waals surface area contributed by atoms with Crippen molar-refractivity contribution in [2.45, 2.75) is 151 Å². The van der Waals surface area contributed by atoms with Crippen molar-refractivity contribution in [3.63, 3.8) is 0 Å². The van der Waals surface area contributed by atoms with Gasteiger partial charge in [0, 0.05) is 31.8 Å². The van der Waals surface area contributed by atoms with Crippen molar-refractivity contribution in [1.82, 2.24) is 41.5 Å². The minimum absolute atomic E-state index is 0.000145. The van der Waals surface area contributed by atoms with Crippen molar-refractivity contribution in [2.24, 2.45) is 28.2 Å². The van der Waals surface area contributed by atoms with Crippen LogP contribution in [0.5, 0.6) is 5.75 Å². The normalized spacial score (nSPS) is 17.1. The highest BCUT2D eigenvalue weighted by atomic mass is 127. The average molecular weight is 1270 g/mol. The van der Waals surface area contributed by atoms with Crippen LogP contribution in [0.3, 0.4) is 0 Å². The molecule has 1 aliphatic carbocycles. The average Bonchev–Trinajstić information content (AvgIpc) is 3.76. The van der Waals surface area contributed by atoms with E-state index in [2.05, 4.69) is 59.9 Å². The minimum atomic E-state index is -1.77. The Bertz CT molecular complexity index is 2610. The molecule has 29 heteroatoms. The molecular formula is C51H73IN14O12S2. The van der Waals surface area contributed by atoms with Gasteiger partial charge in [0.25, 0.3) is 5.91 Å². The molecule has 1 spiro atoms. The van der Waals surface area contributed by atoms with Gasteiger partial charge < -0.3 is 64.3 Å². The monoisotopic (exact) mass is 1260 g/mol. The zero-order valence-corrected chi connectivity index (χ0v) is 48.9. The van der Waals surface area contributed by atoms with Gasteiger partial charge in [0.1, 0.15) is 42.0 Å². The van der Waals surface area contributed by atoms with Crippen molar-refractivity contribution in [1.29, 1.82) is 0 Å². The first-order valence-corrected chi connectivity index (χ1v) is 28.6. The highest BCUT2D eigenvalue weighted by Gasteiger charge is 2.49. The van der Waals surface area contributed by atoms with Gasteiger partial charge in [-0.2, -0.15) is 12.6 Å². The summed E-state index contributed by atoms with van der Waals surface area (Å²) in [5.41, 5.74) is 28.0. The third-order valence-electron chi connectivity index (χ3n) is 13.6. The first-order chi connectivity index (χ1) is 38.0. The van der Waals surface area contributed by atoms with Crippen LogP contribution in [0.1, 0.15) is 96.1 Å². The molecule has 0 unspecified atom stereocenters. The molecule has 1 saturated carbocycles. The van der Waals surface area contributed by atoms with Gasteiger partial charge in [-0.3, -0.25) is 47.9 Å². The standard InChI is InChI=1S/C51H73IN14O12S2/c1-5-27(2)42(62-44(71)33(54)21-29-11-14-31(78-4)15-12-29)48(75)63-43(28(3)67)49(76)59-36(23-39(55)68)47(74)61-38(26-79)45(72)57-25-40(69)58-35(10-9-19-53)46(73)60-37(22-30-13-16-34(64-65-56)32(52)20-30)50(77)66-41(70)24-51(80-66)17-7-6-8-18-51/h11-16,20,27-28,33,35-38,42-43,67,79H,5-10,17-19,21-26,53-54H2,1-4H3,(H2,55,68)(H,57,72)(H,58,69)(H,59,76)(H,60,73)(H,61,74)(H,62,71)(H,63,75)/t27-,28+,33-,35-,36-,37-,38-,42-,43-/m0/s1. The molecule has 1 aliphatic heterocycles. The molecule has 2 aromatic rings. The number of halogens is 1. The van der Waals surface area contributed by atoms with Gasteiger partial charge in [0.05, 0.1) is 37.9 Å². The van der Waals surface area contributed by atoms with E-state index in [1.165, 1.54) is 26.0 Å². The predicted molar refractivity (Wildman–Crippen MR) is 308 cm³/mol. The Hall–Kier alpha value is -6.24. The first kappa shape index (κ1) is 66.3. The van der Waals surface area contributed by atoms with Crippen LogP contribution < -0.4 is 59.2 Å². The van der Waals surface area contributed by atoms with Crippen molar-refractivity contribution in [2.75, 3.05) is 26.0 Å². The molecule has 0 radical (unpaired) electrons. The van der Waals surface area contributed by atoms with E-state index < -0.39 is 125 Å². The summed E-state index contributed by atoms with van der Waals surface area (Å²) in [5.74, 6) is -8.79. The number of aliphatic hydroxyl groups excluding tert-OH is 1. The molecule has 26 nitrogen and oxygen atoms in total. The Morgan fingerprint density at radius 2 is 1.45 bits per heavy atom. The number of carbonyl (C=O) groups excluding carboxylic acids is 10. The fourth-order valence-corrected chi connectivity index (χ4v) is 11.3. The maximum absolute atomic E-state index is 14.3. The number of nitrogens with zero attached hydrogens (tertiary/aromatic N) is 4. The second-order valence-corrected chi connectivity index (χ2v) is 22.7. The van der Waals surface area contributed by atoms with Crippen molar-refractivity contribution in [3.8, 4) is 5.75 Å². The quantitative estimate of drug-likeness (QED) is 0.0126. The van der Waals surface area contributed by atoms with E-state index in [0.29, 0.717) is 27.0 Å². The lowest BCUT2D eigenvalue weighted by Crippen LogP contribution is -2.62. The lowest BCUT2D eigenvalue weighted by molar-refractivity contribution is -0.140. The van der Waals surface area contributed by atoms with Gasteiger partial charge in [-0.25, -0.2) is 4.31 Å². The highest BCUT2D eigenvalue weighted by molar-refractivity contribution is 14.1. The Balaban J connectivity index is 1.41. The van der Waals surface area contributed by atoms with Gasteiger partial charge in [-0.1, -0.05) is 68.9 Å². The molecule has 2 aliphatic rings. The number of thiol groups is 1. The molecule has 2 fully saturated rings. The zero-order valence-electron chi connectivity index (χ0n) is 45.0. The lowest BCUT2D eigenvalue weighted by atomic mass is 9.86. The number of hydrogen-bond acceptors (Lipinski definition) is 17. The van der Waals surface area contributed by atoms with Crippen LogP contribution in [-0.2, 0) is 60.8 Å². The Morgan fingerprint density at radius 1 is 0.838 bits per heavy atom. The maximum Gasteiger partial charge on any atom is 0.262 e. The number of imide groups is 1. The zero-order chi connectivity index (χ0) is 59.3. The number of amides is 10. The first-order valence-electron chi connectivity index (χ1n) is 26.1. The molecule has 1 heterocycles. The van der Waals surface area contributed by atoms with Gasteiger partial charge >= 0.3 is 0 Å². The van der Waals surface area contributed by atoms with E-state index in [-0.39, 0.29) is 50.3 Å². The van der Waals surface area contributed by atoms with Gasteiger partial charge in [0.2, 0.25) is 53.2 Å². The summed E-state index contributed by atoms with van der Waals surface area (Å²) in [6.07, 6.45) is 2.79. The summed E-state index contributed by atoms with van der Waals surface area (Å²) >= 11 is 7.32. The molecule has 4 rings (SSSR count). The fraction of sp³-hybridized carbons (Fsp3) is 0.569. The number of azide groups is 1. The number of benzene rings is 2. The SMILES string of the molecule is CC[C@H](C)[C@H](NC(=O)[C@@H](N)Cc1ccc(OC)cc1)C(=O)N[C@H](C(=O)N[C@@H](CC(N)=O)C(=O)N[C@@H](CS)C(=O)NCC(=O)N[C@@H](CCCN)C(=O)N[C@@H](Cc1ccc(N=[N+]=[N-])c(I)c1)C(=O)N1SC2(CCCCC2)CC1=O)[C@@H](C)O. The summed E-state index contributed by atoms with van der Waals surface area (Å²) in [7, 11) is 1.51. The number of nitrogens with one attached hydrogen (secondary N) is 7. The van der Waals surface area contributed by atoms with Gasteiger partial charge in [-0.15, -0.1) is 0 Å². The topological polar surface area (TPSA) is 414 Å². The number of primary amides is 1. The van der Waals surface area contributed by atoms with E-state index >= 15 is 0 Å². The van der Waals surface area contributed by atoms with Crippen molar-refractivity contribution in [3.05, 3.63) is 67.6 Å². The predicted octanol–water partition coefficient (Wildman–Crippen LogP) is 0.460. The van der Waals surface area contributed by atoms with Crippen LogP contribution in [0.25, 0.3) is 10.4 Å². The number of aliphatic hydroxyl groups is 1. The number of methoxy groups -OCH3 is 1. The second-order valence-electron chi connectivity index (χ2n) is 19.8. The summed E-state index contributed by atoms with van der Waals surface area (Å²) in [4.78, 5) is 138. The maximum atomic E-state index is 14.3. The molecule has 14 N–H and O–H groups in total. The summed E-state index contributed by atoms with van der Waals surface area (Å²) in [6, 6.07) is 1.82. The summed E-state index contributed by atoms with van der Waals surface area (Å²) < 4.78 is 6.42. The lowest BCUT2D eigenvalue weighted by Gasteiger charge is -2.31. The van der Waals surface area contributed by atoms with Crippen LogP contribution in [-0.4, -0.2) is 148 Å². The molecule has 438 valence electrons. The Labute approximate surface area is 487 Å². The van der Waals surface area contributed by atoms with E-state index in [1.54, 1.807) is 56.3 Å². The molecule has 80 heavy (non-hydrogen) atoms. The molecule has 0 aromatic heterocycles. The highest BCUT2D eigenvalue weighted by Crippen LogP contribution is 2.49. The van der Waals surface area contributed by atoms with E-state index in [9.17, 15) is 53.1 Å². The van der Waals surface area contributed by atoms with Crippen LogP contribution in [0.15, 0.2) is 47.6 Å². The van der Waals surface area contributed by atoms with Gasteiger partial charge in [0.15, 0.2) is 0 Å². The third kappa shape index (κ3) is 19.8. The number of rotatable bonds is 30. The van der Waals surface area contributed by atoms with E-state index in [1.807, 2.05) is 22.6 Å². The largest absolute Gasteiger partial charge is 0.497 e. The van der Waals surface area contributed by atoms with E-state index in [4.69, 9.17) is 27.5 Å². The molecule has 2 aromatic carbocycles. The number of ether oxygens (including phenoxy) is 1. The van der Waals surface area contributed by atoms with Crippen molar-refractivity contribution < 1.29 is 57.8 Å². The van der Waals surface area contributed by atoms with Crippen LogP contribution in [0.2, 0.25) is 0 Å². The number of carbonyl (C=O) groups is 10. The summed E-state index contributed by atoms with van der Waals surface area (Å²) in [6.45, 7) is 4.00. The summed E-state index contributed by atoms with van der Waals surface area (Å²) in [5, 5.41) is 31.7. The molecular weight excluding hydrogens is 1190 g/mol. The van der Waals surface area contributed by atoms with Crippen LogP contribution in [0, 0.1) is 9.49 Å². The van der Waals surface area contributed by atoms with Gasteiger partial charge in [-0.05, 0) is 121 Å².